The minimum atomic E-state index is 0.321. The molecule has 1 unspecified atom stereocenters. The molecule has 0 bridgehead atoms. The van der Waals surface area contributed by atoms with Gasteiger partial charge in [-0.25, -0.2) is 4.98 Å². The third-order valence-corrected chi connectivity index (χ3v) is 2.18. The van der Waals surface area contributed by atoms with Gasteiger partial charge in [0, 0.05) is 31.1 Å². The molecule has 4 heteroatoms. The Hall–Kier alpha value is -1.29. The van der Waals surface area contributed by atoms with E-state index >= 15 is 0 Å². The molecule has 0 amide bonds. The third-order valence-electron chi connectivity index (χ3n) is 2.18. The maximum atomic E-state index is 5.11. The molecule has 0 saturated heterocycles. The van der Waals surface area contributed by atoms with Crippen molar-refractivity contribution in [3.63, 3.8) is 0 Å². The summed E-state index contributed by atoms with van der Waals surface area (Å²) in [5.74, 6) is 0.618. The number of pyridine rings is 1. The minimum absolute atomic E-state index is 0.321. The average Bonchev–Trinajstić information content (AvgIpc) is 2.29. The molecule has 0 aliphatic rings. The van der Waals surface area contributed by atoms with Gasteiger partial charge in [0.25, 0.3) is 0 Å². The lowest BCUT2D eigenvalue weighted by molar-refractivity contribution is 0.184. The number of rotatable bonds is 6. The summed E-state index contributed by atoms with van der Waals surface area (Å²) in [6.45, 7) is 2.82. The quantitative estimate of drug-likeness (QED) is 0.779. The molecule has 0 saturated carbocycles. The van der Waals surface area contributed by atoms with E-state index in [1.807, 2.05) is 12.1 Å². The molecule has 15 heavy (non-hydrogen) atoms. The van der Waals surface area contributed by atoms with Crippen molar-refractivity contribution in [2.24, 2.45) is 0 Å². The number of ether oxygens (including phenoxy) is 2. The average molecular weight is 210 g/mol. The standard InChI is InChI=1S/C11H18N2O2/c1-4-9(8-14-2)13-10-5-6-12-11(7-10)15-3/h5-7,9H,4,8H2,1-3H3,(H,12,13). The first kappa shape index (κ1) is 11.8. The van der Waals surface area contributed by atoms with Gasteiger partial charge in [0.2, 0.25) is 5.88 Å². The summed E-state index contributed by atoms with van der Waals surface area (Å²) in [5, 5.41) is 3.36. The minimum Gasteiger partial charge on any atom is -0.481 e. The lowest BCUT2D eigenvalue weighted by Crippen LogP contribution is -2.23. The molecule has 1 aromatic rings. The number of aromatic nitrogens is 1. The first-order valence-corrected chi connectivity index (χ1v) is 5.05. The fraction of sp³-hybridized carbons (Fsp3) is 0.545. The van der Waals surface area contributed by atoms with Crippen LogP contribution in [0.25, 0.3) is 0 Å². The molecule has 1 heterocycles. The van der Waals surface area contributed by atoms with Crippen LogP contribution in [0.2, 0.25) is 0 Å². The van der Waals surface area contributed by atoms with Crippen LogP contribution in [-0.4, -0.2) is 31.9 Å². The molecule has 4 nitrogen and oxygen atoms in total. The second-order valence-corrected chi connectivity index (χ2v) is 3.29. The molecular weight excluding hydrogens is 192 g/mol. The molecule has 0 radical (unpaired) electrons. The van der Waals surface area contributed by atoms with Crippen LogP contribution in [0.15, 0.2) is 18.3 Å². The summed E-state index contributed by atoms with van der Waals surface area (Å²) in [7, 11) is 3.32. The van der Waals surface area contributed by atoms with E-state index in [2.05, 4.69) is 17.2 Å². The lowest BCUT2D eigenvalue weighted by Gasteiger charge is -2.17. The summed E-state index contributed by atoms with van der Waals surface area (Å²) in [6, 6.07) is 4.11. The predicted octanol–water partition coefficient (Wildman–Crippen LogP) is 1.93. The van der Waals surface area contributed by atoms with E-state index in [-0.39, 0.29) is 0 Å². The summed E-state index contributed by atoms with van der Waals surface area (Å²) >= 11 is 0. The van der Waals surface area contributed by atoms with Crippen molar-refractivity contribution in [3.8, 4) is 5.88 Å². The molecular formula is C11H18N2O2. The normalized spacial score (nSPS) is 12.2. The van der Waals surface area contributed by atoms with Crippen LogP contribution in [0.5, 0.6) is 5.88 Å². The van der Waals surface area contributed by atoms with Gasteiger partial charge in [0.1, 0.15) is 0 Å². The predicted molar refractivity (Wildman–Crippen MR) is 60.4 cm³/mol. The molecule has 0 spiro atoms. The van der Waals surface area contributed by atoms with Crippen molar-refractivity contribution in [2.75, 3.05) is 26.1 Å². The van der Waals surface area contributed by atoms with Crippen LogP contribution in [0.4, 0.5) is 5.69 Å². The van der Waals surface area contributed by atoms with Crippen LogP contribution in [0.1, 0.15) is 13.3 Å². The topological polar surface area (TPSA) is 43.4 Å². The Morgan fingerprint density at radius 3 is 2.87 bits per heavy atom. The number of hydrogen-bond donors (Lipinski definition) is 1. The smallest absolute Gasteiger partial charge is 0.214 e. The highest BCUT2D eigenvalue weighted by Crippen LogP contribution is 2.15. The monoisotopic (exact) mass is 210 g/mol. The summed E-state index contributed by atoms with van der Waals surface area (Å²) < 4.78 is 10.2. The van der Waals surface area contributed by atoms with Crippen molar-refractivity contribution in [3.05, 3.63) is 18.3 Å². The molecule has 0 fully saturated rings. The van der Waals surface area contributed by atoms with Gasteiger partial charge in [0.15, 0.2) is 0 Å². The van der Waals surface area contributed by atoms with Gasteiger partial charge < -0.3 is 14.8 Å². The van der Waals surface area contributed by atoms with Crippen molar-refractivity contribution >= 4 is 5.69 Å². The van der Waals surface area contributed by atoms with Gasteiger partial charge in [-0.3, -0.25) is 0 Å². The number of anilines is 1. The van der Waals surface area contributed by atoms with Crippen LogP contribution < -0.4 is 10.1 Å². The Labute approximate surface area is 90.6 Å². The molecule has 1 aromatic heterocycles. The Morgan fingerprint density at radius 2 is 2.27 bits per heavy atom. The van der Waals surface area contributed by atoms with Crippen molar-refractivity contribution in [1.29, 1.82) is 0 Å². The number of hydrogen-bond acceptors (Lipinski definition) is 4. The van der Waals surface area contributed by atoms with E-state index < -0.39 is 0 Å². The molecule has 0 aliphatic carbocycles. The van der Waals surface area contributed by atoms with Gasteiger partial charge in [-0.2, -0.15) is 0 Å². The Kier molecular flexibility index (Phi) is 4.90. The Balaban J connectivity index is 2.61. The van der Waals surface area contributed by atoms with Gasteiger partial charge >= 0.3 is 0 Å². The van der Waals surface area contributed by atoms with Gasteiger partial charge in [-0.15, -0.1) is 0 Å². The lowest BCUT2D eigenvalue weighted by atomic mass is 10.2. The number of nitrogens with zero attached hydrogens (tertiary/aromatic N) is 1. The van der Waals surface area contributed by atoms with Gasteiger partial charge in [-0.05, 0) is 12.5 Å². The Morgan fingerprint density at radius 1 is 1.47 bits per heavy atom. The zero-order valence-corrected chi connectivity index (χ0v) is 9.49. The van der Waals surface area contributed by atoms with Crippen LogP contribution >= 0.6 is 0 Å². The fourth-order valence-corrected chi connectivity index (χ4v) is 1.31. The highest BCUT2D eigenvalue weighted by atomic mass is 16.5. The summed E-state index contributed by atoms with van der Waals surface area (Å²) in [6.07, 6.45) is 2.74. The highest BCUT2D eigenvalue weighted by molar-refractivity contribution is 5.45. The van der Waals surface area contributed by atoms with Crippen LogP contribution in [0, 0.1) is 0 Å². The molecule has 0 aromatic carbocycles. The highest BCUT2D eigenvalue weighted by Gasteiger charge is 2.05. The van der Waals surface area contributed by atoms with E-state index in [1.54, 1.807) is 20.4 Å². The second-order valence-electron chi connectivity index (χ2n) is 3.29. The molecule has 1 N–H and O–H groups in total. The first-order valence-electron chi connectivity index (χ1n) is 5.05. The van der Waals surface area contributed by atoms with E-state index in [0.29, 0.717) is 18.5 Å². The second kappa shape index (κ2) is 6.24. The van der Waals surface area contributed by atoms with E-state index in [4.69, 9.17) is 9.47 Å². The number of methoxy groups -OCH3 is 2. The number of nitrogens with one attached hydrogen (secondary N) is 1. The van der Waals surface area contributed by atoms with Crippen molar-refractivity contribution in [1.82, 2.24) is 4.98 Å². The van der Waals surface area contributed by atoms with Crippen molar-refractivity contribution in [2.45, 2.75) is 19.4 Å². The molecule has 1 atom stereocenters. The molecule has 84 valence electrons. The third kappa shape index (κ3) is 3.75. The van der Waals surface area contributed by atoms with Crippen LogP contribution in [0.3, 0.4) is 0 Å². The maximum Gasteiger partial charge on any atom is 0.214 e. The van der Waals surface area contributed by atoms with E-state index in [0.717, 1.165) is 12.1 Å². The van der Waals surface area contributed by atoms with Crippen molar-refractivity contribution < 1.29 is 9.47 Å². The summed E-state index contributed by atoms with van der Waals surface area (Å²) in [4.78, 5) is 4.04. The van der Waals surface area contributed by atoms with Gasteiger partial charge in [-0.1, -0.05) is 6.92 Å². The maximum absolute atomic E-state index is 5.11. The van der Waals surface area contributed by atoms with E-state index in [1.165, 1.54) is 0 Å². The largest absolute Gasteiger partial charge is 0.481 e. The zero-order valence-electron chi connectivity index (χ0n) is 9.49. The fourth-order valence-electron chi connectivity index (χ4n) is 1.31. The van der Waals surface area contributed by atoms with E-state index in [9.17, 15) is 0 Å². The zero-order chi connectivity index (χ0) is 11.1. The molecule has 0 aliphatic heterocycles. The SMILES string of the molecule is CCC(COC)Nc1ccnc(OC)c1. The first-order chi connectivity index (χ1) is 7.30. The Bertz CT molecular complexity index is 292. The van der Waals surface area contributed by atoms with Gasteiger partial charge in [0.05, 0.1) is 13.7 Å². The molecule has 1 rings (SSSR count). The van der Waals surface area contributed by atoms with Crippen LogP contribution in [-0.2, 0) is 4.74 Å². The summed E-state index contributed by atoms with van der Waals surface area (Å²) in [5.41, 5.74) is 1.01.